The Bertz CT molecular complexity index is 977. The molecule has 0 amide bonds. The summed E-state index contributed by atoms with van der Waals surface area (Å²) in [7, 11) is 0. The van der Waals surface area contributed by atoms with E-state index in [1.54, 1.807) is 4.68 Å². The van der Waals surface area contributed by atoms with Gasteiger partial charge in [0.2, 0.25) is 0 Å². The van der Waals surface area contributed by atoms with Gasteiger partial charge >= 0.3 is 0 Å². The van der Waals surface area contributed by atoms with Crippen molar-refractivity contribution >= 4 is 23.2 Å². The summed E-state index contributed by atoms with van der Waals surface area (Å²) in [5.41, 5.74) is 3.06. The summed E-state index contributed by atoms with van der Waals surface area (Å²) < 4.78 is 1.80. The number of aromatic nitrogens is 4. The topological polar surface area (TPSA) is 79.4 Å². The quantitative estimate of drug-likeness (QED) is 0.688. The molecule has 132 valence electrons. The Balaban J connectivity index is 2.12. The number of aryl methyl sites for hydroxylation is 1. The molecular weight excluding hydrogens is 348 g/mol. The van der Waals surface area contributed by atoms with Crippen LogP contribution in [-0.2, 0) is 5.41 Å². The van der Waals surface area contributed by atoms with Gasteiger partial charge in [0.25, 0.3) is 0 Å². The van der Waals surface area contributed by atoms with Crippen LogP contribution in [0.3, 0.4) is 0 Å². The van der Waals surface area contributed by atoms with Gasteiger partial charge in [0.05, 0.1) is 11.4 Å². The molecule has 0 aliphatic carbocycles. The molecule has 0 radical (unpaired) electrons. The fourth-order valence-electron chi connectivity index (χ4n) is 2.40. The van der Waals surface area contributed by atoms with Crippen molar-refractivity contribution in [1.82, 2.24) is 19.7 Å². The lowest BCUT2D eigenvalue weighted by molar-refractivity contribution is 0.560. The molecule has 2 aromatic heterocycles. The highest BCUT2D eigenvalue weighted by Crippen LogP contribution is 2.29. The molecule has 1 aromatic carbocycles. The lowest BCUT2D eigenvalue weighted by atomic mass is 9.92. The van der Waals surface area contributed by atoms with Gasteiger partial charge in [-0.3, -0.25) is 0 Å². The van der Waals surface area contributed by atoms with Gasteiger partial charge in [-0.1, -0.05) is 50.1 Å². The lowest BCUT2D eigenvalue weighted by Gasteiger charge is -2.14. The zero-order valence-electron chi connectivity index (χ0n) is 15.1. The molecule has 3 aromatic rings. The number of nitriles is 1. The molecule has 0 saturated heterocycles. The van der Waals surface area contributed by atoms with Gasteiger partial charge in [-0.2, -0.15) is 10.4 Å². The number of hydrogen-bond acceptors (Lipinski definition) is 5. The standard InChI is InChI=1S/C19H19ClN6/c1-12-5-7-13(8-6-12)26-16(9-15(25-26)19(2,3)4)24-18-14(10-21)17(20)22-11-23-18/h5-9,11H,1-4H3,(H,22,23,24). The van der Waals surface area contributed by atoms with Crippen LogP contribution >= 0.6 is 11.6 Å². The van der Waals surface area contributed by atoms with Crippen molar-refractivity contribution in [2.75, 3.05) is 5.32 Å². The summed E-state index contributed by atoms with van der Waals surface area (Å²) in [6.07, 6.45) is 1.32. The third-order valence-electron chi connectivity index (χ3n) is 3.92. The maximum atomic E-state index is 9.35. The summed E-state index contributed by atoms with van der Waals surface area (Å²) in [6.45, 7) is 8.33. The molecule has 0 fully saturated rings. The molecule has 0 aliphatic rings. The minimum Gasteiger partial charge on any atom is -0.324 e. The van der Waals surface area contributed by atoms with E-state index in [-0.39, 0.29) is 16.1 Å². The molecule has 2 heterocycles. The van der Waals surface area contributed by atoms with E-state index in [0.29, 0.717) is 11.6 Å². The maximum Gasteiger partial charge on any atom is 0.154 e. The Kier molecular flexibility index (Phi) is 4.66. The highest BCUT2D eigenvalue weighted by atomic mass is 35.5. The first-order chi connectivity index (χ1) is 12.3. The van der Waals surface area contributed by atoms with Gasteiger partial charge in [-0.15, -0.1) is 0 Å². The Morgan fingerprint density at radius 3 is 2.46 bits per heavy atom. The van der Waals surface area contributed by atoms with Crippen LogP contribution in [0.2, 0.25) is 5.15 Å². The molecule has 7 heteroatoms. The van der Waals surface area contributed by atoms with Crippen molar-refractivity contribution in [3.63, 3.8) is 0 Å². The average molecular weight is 367 g/mol. The third-order valence-corrected chi connectivity index (χ3v) is 4.20. The molecular formula is C19H19ClN6. The predicted molar refractivity (Wildman–Crippen MR) is 102 cm³/mol. The van der Waals surface area contributed by atoms with E-state index in [1.807, 2.05) is 43.3 Å². The Morgan fingerprint density at radius 1 is 1.15 bits per heavy atom. The molecule has 0 bridgehead atoms. The van der Waals surface area contributed by atoms with Gasteiger partial charge in [-0.05, 0) is 19.1 Å². The average Bonchev–Trinajstić information content (AvgIpc) is 3.00. The summed E-state index contributed by atoms with van der Waals surface area (Å²) >= 11 is 6.01. The van der Waals surface area contributed by atoms with E-state index >= 15 is 0 Å². The molecule has 0 atom stereocenters. The van der Waals surface area contributed by atoms with Crippen molar-refractivity contribution in [3.8, 4) is 11.8 Å². The van der Waals surface area contributed by atoms with Crippen LogP contribution in [0.15, 0.2) is 36.7 Å². The molecule has 26 heavy (non-hydrogen) atoms. The number of halogens is 1. The van der Waals surface area contributed by atoms with Gasteiger partial charge < -0.3 is 5.32 Å². The minimum atomic E-state index is -0.131. The van der Waals surface area contributed by atoms with Crippen molar-refractivity contribution in [3.05, 3.63) is 58.6 Å². The first kappa shape index (κ1) is 17.9. The van der Waals surface area contributed by atoms with Crippen LogP contribution in [-0.4, -0.2) is 19.7 Å². The van der Waals surface area contributed by atoms with Crippen LogP contribution in [0.5, 0.6) is 0 Å². The fraction of sp³-hybridized carbons (Fsp3) is 0.263. The van der Waals surface area contributed by atoms with E-state index in [9.17, 15) is 5.26 Å². The SMILES string of the molecule is Cc1ccc(-n2nc(C(C)(C)C)cc2Nc2ncnc(Cl)c2C#N)cc1. The van der Waals surface area contributed by atoms with Crippen LogP contribution < -0.4 is 5.32 Å². The zero-order chi connectivity index (χ0) is 18.9. The Labute approximate surface area is 157 Å². The molecule has 0 unspecified atom stereocenters. The first-order valence-electron chi connectivity index (χ1n) is 8.15. The van der Waals surface area contributed by atoms with Crippen molar-refractivity contribution in [2.24, 2.45) is 0 Å². The van der Waals surface area contributed by atoms with Gasteiger partial charge in [-0.25, -0.2) is 14.6 Å². The molecule has 0 saturated carbocycles. The first-order valence-corrected chi connectivity index (χ1v) is 8.52. The van der Waals surface area contributed by atoms with Crippen molar-refractivity contribution < 1.29 is 0 Å². The molecule has 6 nitrogen and oxygen atoms in total. The summed E-state index contributed by atoms with van der Waals surface area (Å²) in [4.78, 5) is 8.01. The van der Waals surface area contributed by atoms with E-state index in [4.69, 9.17) is 16.7 Å². The monoisotopic (exact) mass is 366 g/mol. The summed E-state index contributed by atoms with van der Waals surface area (Å²) in [5.74, 6) is 1.05. The highest BCUT2D eigenvalue weighted by Gasteiger charge is 2.21. The second-order valence-electron chi connectivity index (χ2n) is 7.04. The molecule has 0 spiro atoms. The van der Waals surface area contributed by atoms with E-state index in [0.717, 1.165) is 11.4 Å². The van der Waals surface area contributed by atoms with Crippen LogP contribution in [0, 0.1) is 18.3 Å². The fourth-order valence-corrected chi connectivity index (χ4v) is 2.57. The largest absolute Gasteiger partial charge is 0.324 e. The van der Waals surface area contributed by atoms with Gasteiger partial charge in [0, 0.05) is 11.5 Å². The van der Waals surface area contributed by atoms with Gasteiger partial charge in [0.1, 0.15) is 23.8 Å². The number of hydrogen-bond donors (Lipinski definition) is 1. The molecule has 3 rings (SSSR count). The number of benzene rings is 1. The number of rotatable bonds is 3. The number of nitrogens with zero attached hydrogens (tertiary/aromatic N) is 5. The normalized spacial score (nSPS) is 11.2. The number of anilines is 2. The highest BCUT2D eigenvalue weighted by molar-refractivity contribution is 6.30. The molecule has 0 aliphatic heterocycles. The van der Waals surface area contributed by atoms with E-state index in [2.05, 4.69) is 36.1 Å². The number of nitrogens with one attached hydrogen (secondary N) is 1. The Morgan fingerprint density at radius 2 is 1.85 bits per heavy atom. The van der Waals surface area contributed by atoms with Crippen LogP contribution in [0.25, 0.3) is 5.69 Å². The smallest absolute Gasteiger partial charge is 0.154 e. The second-order valence-corrected chi connectivity index (χ2v) is 7.40. The van der Waals surface area contributed by atoms with Crippen molar-refractivity contribution in [2.45, 2.75) is 33.1 Å². The van der Waals surface area contributed by atoms with E-state index in [1.165, 1.54) is 11.9 Å². The maximum absolute atomic E-state index is 9.35. The summed E-state index contributed by atoms with van der Waals surface area (Å²) in [5, 5.41) is 17.4. The summed E-state index contributed by atoms with van der Waals surface area (Å²) in [6, 6.07) is 12.0. The third kappa shape index (κ3) is 3.53. The van der Waals surface area contributed by atoms with Gasteiger partial charge in [0.15, 0.2) is 11.0 Å². The van der Waals surface area contributed by atoms with Crippen molar-refractivity contribution in [1.29, 1.82) is 5.26 Å². The lowest BCUT2D eigenvalue weighted by Crippen LogP contribution is -2.12. The minimum absolute atomic E-state index is 0.113. The van der Waals surface area contributed by atoms with E-state index < -0.39 is 0 Å². The Hall–Kier alpha value is -2.91. The predicted octanol–water partition coefficient (Wildman–Crippen LogP) is 4.54. The second kappa shape index (κ2) is 6.77. The van der Waals surface area contributed by atoms with Crippen LogP contribution in [0.1, 0.15) is 37.6 Å². The zero-order valence-corrected chi connectivity index (χ0v) is 15.8. The molecule has 1 N–H and O–H groups in total. The van der Waals surface area contributed by atoms with Crippen LogP contribution in [0.4, 0.5) is 11.6 Å².